The number of nitrogens with zero attached hydrogens (tertiary/aromatic N) is 2. The molecule has 1 N–H and O–H groups in total. The molecule has 0 aromatic heterocycles. The highest BCUT2D eigenvalue weighted by atomic mass is 16.5. The van der Waals surface area contributed by atoms with Crippen LogP contribution >= 0.6 is 0 Å². The molecule has 130 valence electrons. The molecule has 0 radical (unpaired) electrons. The second-order valence-corrected chi connectivity index (χ2v) is 6.04. The minimum Gasteiger partial charge on any atom is -0.445 e. The van der Waals surface area contributed by atoms with Crippen molar-refractivity contribution in [1.82, 2.24) is 10.2 Å². The fraction of sp³-hybridized carbons (Fsp3) is 0.444. The third-order valence-electron chi connectivity index (χ3n) is 4.07. The van der Waals surface area contributed by atoms with Gasteiger partial charge in [0.05, 0.1) is 0 Å². The molecular weight excluding hydrogens is 306 g/mol. The summed E-state index contributed by atoms with van der Waals surface area (Å²) in [5, 5.41) is 2.82. The largest absolute Gasteiger partial charge is 0.445 e. The van der Waals surface area contributed by atoms with E-state index in [0.29, 0.717) is 18.7 Å². The maximum Gasteiger partial charge on any atom is 0.407 e. The number of anilines is 1. The second kappa shape index (κ2) is 8.38. The Morgan fingerprint density at radius 1 is 1.29 bits per heavy atom. The lowest BCUT2D eigenvalue weighted by Gasteiger charge is -2.32. The van der Waals surface area contributed by atoms with E-state index in [1.165, 1.54) is 6.08 Å². The lowest BCUT2D eigenvalue weighted by atomic mass is 10.0. The molecule has 6 heteroatoms. The van der Waals surface area contributed by atoms with Gasteiger partial charge >= 0.3 is 6.09 Å². The highest BCUT2D eigenvalue weighted by molar-refractivity contribution is 5.94. The van der Waals surface area contributed by atoms with E-state index < -0.39 is 6.09 Å². The summed E-state index contributed by atoms with van der Waals surface area (Å²) in [5.41, 5.74) is 1.75. The summed E-state index contributed by atoms with van der Waals surface area (Å²) >= 11 is 0. The summed E-state index contributed by atoms with van der Waals surface area (Å²) in [6.45, 7) is 4.95. The Labute approximate surface area is 143 Å². The molecule has 1 aromatic rings. The molecule has 24 heavy (non-hydrogen) atoms. The molecule has 1 heterocycles. The molecule has 6 nitrogen and oxygen atoms in total. The van der Waals surface area contributed by atoms with Crippen LogP contribution in [0, 0.1) is 0 Å². The van der Waals surface area contributed by atoms with Crippen molar-refractivity contribution in [2.75, 3.05) is 38.7 Å². The molecule has 2 rings (SSSR count). The number of likely N-dealkylation sites (tertiary alicyclic amines) is 1. The van der Waals surface area contributed by atoms with Crippen molar-refractivity contribution in [3.05, 3.63) is 42.5 Å². The van der Waals surface area contributed by atoms with Gasteiger partial charge in [0.2, 0.25) is 0 Å². The van der Waals surface area contributed by atoms with Crippen LogP contribution < -0.4 is 10.2 Å². The number of carbonyl (C=O) groups excluding carboxylic acids is 2. The van der Waals surface area contributed by atoms with E-state index >= 15 is 0 Å². The van der Waals surface area contributed by atoms with Crippen LogP contribution in [0.2, 0.25) is 0 Å². The molecule has 0 atom stereocenters. The number of carbonyl (C=O) groups is 2. The molecule has 0 unspecified atom stereocenters. The van der Waals surface area contributed by atoms with Crippen LogP contribution in [0.5, 0.6) is 0 Å². The molecule has 1 aliphatic rings. The number of ether oxygens (including phenoxy) is 1. The zero-order chi connectivity index (χ0) is 17.5. The van der Waals surface area contributed by atoms with Crippen LogP contribution in [-0.2, 0) is 4.74 Å². The summed E-state index contributed by atoms with van der Waals surface area (Å²) in [4.78, 5) is 27.9. The third-order valence-corrected chi connectivity index (χ3v) is 4.07. The molecule has 0 aliphatic carbocycles. The minimum atomic E-state index is -0.432. The Morgan fingerprint density at radius 3 is 2.46 bits per heavy atom. The summed E-state index contributed by atoms with van der Waals surface area (Å²) < 4.78 is 4.92. The van der Waals surface area contributed by atoms with Crippen molar-refractivity contribution in [1.29, 1.82) is 0 Å². The molecule has 2 amide bonds. The SMILES string of the molecule is C=CCOC(=O)NC1CCN(C(=O)c2ccc(N(C)C)cc2)CC1. The van der Waals surface area contributed by atoms with Gasteiger partial charge in [-0.1, -0.05) is 12.7 Å². The fourth-order valence-electron chi connectivity index (χ4n) is 2.65. The van der Waals surface area contributed by atoms with Gasteiger partial charge in [0.1, 0.15) is 6.61 Å². The Bertz CT molecular complexity index is 576. The predicted molar refractivity (Wildman–Crippen MR) is 94.4 cm³/mol. The molecule has 0 saturated carbocycles. The van der Waals surface area contributed by atoms with E-state index in [9.17, 15) is 9.59 Å². The van der Waals surface area contributed by atoms with Gasteiger partial charge in [-0.25, -0.2) is 4.79 Å². The first-order valence-electron chi connectivity index (χ1n) is 8.12. The standard InChI is InChI=1S/C18H25N3O3/c1-4-13-24-18(23)19-15-9-11-21(12-10-15)17(22)14-5-7-16(8-6-14)20(2)3/h4-8,15H,1,9-13H2,2-3H3,(H,19,23). The van der Waals surface area contributed by atoms with Gasteiger partial charge in [0.25, 0.3) is 5.91 Å². The number of amides is 2. The first-order valence-corrected chi connectivity index (χ1v) is 8.12. The smallest absolute Gasteiger partial charge is 0.407 e. The van der Waals surface area contributed by atoms with E-state index in [-0.39, 0.29) is 18.6 Å². The average Bonchev–Trinajstić information content (AvgIpc) is 2.60. The zero-order valence-electron chi connectivity index (χ0n) is 14.3. The monoisotopic (exact) mass is 331 g/mol. The van der Waals surface area contributed by atoms with Crippen molar-refractivity contribution in [2.45, 2.75) is 18.9 Å². The lowest BCUT2D eigenvalue weighted by Crippen LogP contribution is -2.46. The van der Waals surface area contributed by atoms with Gasteiger partial charge in [-0.2, -0.15) is 0 Å². The van der Waals surface area contributed by atoms with Crippen molar-refractivity contribution in [3.8, 4) is 0 Å². The quantitative estimate of drug-likeness (QED) is 0.841. The Hall–Kier alpha value is -2.50. The van der Waals surface area contributed by atoms with Crippen LogP contribution in [0.3, 0.4) is 0 Å². The Balaban J connectivity index is 1.84. The maximum absolute atomic E-state index is 12.5. The van der Waals surface area contributed by atoms with E-state index in [2.05, 4.69) is 11.9 Å². The Kier molecular flexibility index (Phi) is 6.23. The van der Waals surface area contributed by atoms with Crippen LogP contribution in [-0.4, -0.2) is 56.7 Å². The third kappa shape index (κ3) is 4.75. The van der Waals surface area contributed by atoms with Crippen molar-refractivity contribution in [2.24, 2.45) is 0 Å². The number of nitrogens with one attached hydrogen (secondary N) is 1. The van der Waals surface area contributed by atoms with Gasteiger partial charge < -0.3 is 19.9 Å². The number of hydrogen-bond donors (Lipinski definition) is 1. The summed E-state index contributed by atoms with van der Waals surface area (Å²) in [5.74, 6) is 0.0352. The molecule has 1 aromatic carbocycles. The van der Waals surface area contributed by atoms with Gasteiger partial charge in [-0.3, -0.25) is 4.79 Å². The van der Waals surface area contributed by atoms with E-state index in [1.807, 2.05) is 48.2 Å². The molecule has 0 spiro atoms. The normalized spacial score (nSPS) is 14.8. The molecule has 0 bridgehead atoms. The molecule has 1 saturated heterocycles. The van der Waals surface area contributed by atoms with Crippen LogP contribution in [0.15, 0.2) is 36.9 Å². The lowest BCUT2D eigenvalue weighted by molar-refractivity contribution is 0.0703. The highest BCUT2D eigenvalue weighted by Gasteiger charge is 2.24. The van der Waals surface area contributed by atoms with E-state index in [0.717, 1.165) is 18.5 Å². The Morgan fingerprint density at radius 2 is 1.92 bits per heavy atom. The van der Waals surface area contributed by atoms with Crippen LogP contribution in [0.4, 0.5) is 10.5 Å². The number of piperidine rings is 1. The van der Waals surface area contributed by atoms with Gasteiger partial charge in [0.15, 0.2) is 0 Å². The highest BCUT2D eigenvalue weighted by Crippen LogP contribution is 2.17. The van der Waals surface area contributed by atoms with Gasteiger partial charge in [-0.05, 0) is 37.1 Å². The fourth-order valence-corrected chi connectivity index (χ4v) is 2.65. The second-order valence-electron chi connectivity index (χ2n) is 6.04. The van der Waals surface area contributed by atoms with Gasteiger partial charge in [-0.15, -0.1) is 0 Å². The average molecular weight is 331 g/mol. The summed E-state index contributed by atoms with van der Waals surface area (Å²) in [7, 11) is 3.93. The summed E-state index contributed by atoms with van der Waals surface area (Å²) in [6, 6.07) is 7.64. The topological polar surface area (TPSA) is 61.9 Å². The molecule has 1 fully saturated rings. The predicted octanol–water partition coefficient (Wildman–Crippen LogP) is 2.27. The first-order chi connectivity index (χ1) is 11.5. The zero-order valence-corrected chi connectivity index (χ0v) is 14.3. The molecule has 1 aliphatic heterocycles. The van der Waals surface area contributed by atoms with Crippen molar-refractivity contribution < 1.29 is 14.3 Å². The van der Waals surface area contributed by atoms with Crippen LogP contribution in [0.1, 0.15) is 23.2 Å². The van der Waals surface area contributed by atoms with Crippen LogP contribution in [0.25, 0.3) is 0 Å². The number of benzene rings is 1. The maximum atomic E-state index is 12.5. The first kappa shape index (κ1) is 17.8. The number of alkyl carbamates (subject to hydrolysis) is 1. The molecular formula is C18H25N3O3. The minimum absolute atomic E-state index is 0.0352. The number of rotatable bonds is 5. The van der Waals surface area contributed by atoms with Gasteiger partial charge in [0, 0.05) is 44.5 Å². The summed E-state index contributed by atoms with van der Waals surface area (Å²) in [6.07, 6.45) is 2.55. The van der Waals surface area contributed by atoms with Crippen molar-refractivity contribution in [3.63, 3.8) is 0 Å². The van der Waals surface area contributed by atoms with Crippen molar-refractivity contribution >= 4 is 17.7 Å². The number of hydrogen-bond acceptors (Lipinski definition) is 4. The van der Waals surface area contributed by atoms with E-state index in [1.54, 1.807) is 0 Å². The van der Waals surface area contributed by atoms with E-state index in [4.69, 9.17) is 4.74 Å².